The van der Waals surface area contributed by atoms with E-state index < -0.39 is 5.97 Å². The summed E-state index contributed by atoms with van der Waals surface area (Å²) in [5, 5.41) is 11.1. The Labute approximate surface area is 150 Å². The maximum atomic E-state index is 12.5. The Morgan fingerprint density at radius 1 is 1.28 bits per heavy atom. The van der Waals surface area contributed by atoms with Crippen LogP contribution in [0.5, 0.6) is 5.75 Å². The maximum Gasteiger partial charge on any atom is 0.335 e. The summed E-state index contributed by atoms with van der Waals surface area (Å²) in [6.07, 6.45) is 2.53. The first kappa shape index (κ1) is 17.5. The zero-order valence-corrected chi connectivity index (χ0v) is 14.9. The molecule has 0 unspecified atom stereocenters. The van der Waals surface area contributed by atoms with Gasteiger partial charge in [0, 0.05) is 24.5 Å². The lowest BCUT2D eigenvalue weighted by Crippen LogP contribution is -2.38. The van der Waals surface area contributed by atoms with Crippen LogP contribution in [0.4, 0.5) is 0 Å². The summed E-state index contributed by atoms with van der Waals surface area (Å²) < 4.78 is 5.14. The molecule has 2 heterocycles. The molecule has 1 aromatic carbocycles. The number of carboxylic acid groups (broad SMARTS) is 1. The number of hydrogen-bond acceptors (Lipinski definition) is 4. The van der Waals surface area contributed by atoms with Gasteiger partial charge in [0.2, 0.25) is 0 Å². The largest absolute Gasteiger partial charge is 0.496 e. The van der Waals surface area contributed by atoms with Gasteiger partial charge in [-0.2, -0.15) is 0 Å². The van der Waals surface area contributed by atoms with Crippen LogP contribution < -0.4 is 4.74 Å². The molecule has 1 fully saturated rings. The number of rotatable bonds is 5. The Kier molecular flexibility index (Phi) is 5.38. The van der Waals surface area contributed by atoms with Crippen molar-refractivity contribution in [3.05, 3.63) is 51.7 Å². The second kappa shape index (κ2) is 7.70. The Bertz CT molecular complexity index is 762. The number of carbonyl (C=O) groups is 2. The summed E-state index contributed by atoms with van der Waals surface area (Å²) in [5.74, 6) is 0.295. The van der Waals surface area contributed by atoms with E-state index in [2.05, 4.69) is 0 Å². The smallest absolute Gasteiger partial charge is 0.335 e. The van der Waals surface area contributed by atoms with Crippen LogP contribution in [0.25, 0.3) is 0 Å². The van der Waals surface area contributed by atoms with E-state index in [4.69, 9.17) is 4.74 Å². The van der Waals surface area contributed by atoms with Gasteiger partial charge in [-0.3, -0.25) is 4.79 Å². The predicted molar refractivity (Wildman–Crippen MR) is 96.6 cm³/mol. The highest BCUT2D eigenvalue weighted by Gasteiger charge is 2.25. The lowest BCUT2D eigenvalue weighted by molar-refractivity contribution is 0.0694. The van der Waals surface area contributed by atoms with Crippen molar-refractivity contribution in [2.75, 3.05) is 20.2 Å². The number of likely N-dealkylation sites (tertiary alicyclic amines) is 1. The lowest BCUT2D eigenvalue weighted by Gasteiger charge is -2.32. The van der Waals surface area contributed by atoms with Crippen LogP contribution >= 0.6 is 11.3 Å². The van der Waals surface area contributed by atoms with Crippen molar-refractivity contribution in [3.8, 4) is 5.75 Å². The fraction of sp³-hybridized carbons (Fsp3) is 0.368. The molecule has 1 amide bonds. The highest BCUT2D eigenvalue weighted by atomic mass is 32.1. The number of ether oxygens (including phenoxy) is 1. The molecule has 0 saturated carbocycles. The van der Waals surface area contributed by atoms with Gasteiger partial charge in [0.1, 0.15) is 5.75 Å². The average molecular weight is 359 g/mol. The fourth-order valence-corrected chi connectivity index (χ4v) is 4.07. The van der Waals surface area contributed by atoms with E-state index in [1.165, 1.54) is 11.3 Å². The topological polar surface area (TPSA) is 66.8 Å². The first-order valence-corrected chi connectivity index (χ1v) is 9.19. The quantitative estimate of drug-likeness (QED) is 0.886. The first-order valence-electron chi connectivity index (χ1n) is 8.31. The molecular formula is C19H21NO4S. The number of aromatic carboxylic acids is 1. The van der Waals surface area contributed by atoms with E-state index in [9.17, 15) is 14.7 Å². The zero-order valence-electron chi connectivity index (χ0n) is 14.1. The third kappa shape index (κ3) is 4.02. The van der Waals surface area contributed by atoms with Gasteiger partial charge in [-0.05, 0) is 36.8 Å². The second-order valence-corrected chi connectivity index (χ2v) is 7.16. The van der Waals surface area contributed by atoms with E-state index in [1.807, 2.05) is 22.4 Å². The van der Waals surface area contributed by atoms with Crippen molar-refractivity contribution in [3.63, 3.8) is 0 Å². The van der Waals surface area contributed by atoms with Crippen LogP contribution in [0, 0.1) is 5.92 Å². The van der Waals surface area contributed by atoms with Gasteiger partial charge >= 0.3 is 5.97 Å². The molecular weight excluding hydrogens is 338 g/mol. The molecule has 0 aliphatic carbocycles. The van der Waals surface area contributed by atoms with E-state index in [-0.39, 0.29) is 5.91 Å². The molecule has 132 valence electrons. The fourth-order valence-electron chi connectivity index (χ4n) is 3.25. The number of methoxy groups -OCH3 is 1. The normalized spacial score (nSPS) is 15.2. The average Bonchev–Trinajstić information content (AvgIpc) is 3.11. The minimum atomic E-state index is -0.880. The van der Waals surface area contributed by atoms with Gasteiger partial charge < -0.3 is 14.7 Å². The minimum absolute atomic E-state index is 0.0534. The summed E-state index contributed by atoms with van der Waals surface area (Å²) >= 11 is 1.40. The standard InChI is InChI=1S/C19H21NO4S/c1-24-15-11-17(25-12-15)18(21)20-8-6-13(7-9-20)10-14-4-2-3-5-16(14)19(22)23/h2-5,11-13H,6-10H2,1H3,(H,22,23). The number of thiophene rings is 1. The van der Waals surface area contributed by atoms with Crippen molar-refractivity contribution in [1.82, 2.24) is 4.90 Å². The van der Waals surface area contributed by atoms with Gasteiger partial charge in [0.05, 0.1) is 17.6 Å². The SMILES string of the molecule is COc1csc(C(=O)N2CCC(Cc3ccccc3C(=O)O)CC2)c1. The van der Waals surface area contributed by atoms with Crippen molar-refractivity contribution in [1.29, 1.82) is 0 Å². The second-order valence-electron chi connectivity index (χ2n) is 6.25. The molecule has 2 aromatic rings. The number of hydrogen-bond donors (Lipinski definition) is 1. The van der Waals surface area contributed by atoms with E-state index in [0.717, 1.165) is 24.8 Å². The summed E-state index contributed by atoms with van der Waals surface area (Å²) in [4.78, 5) is 26.4. The summed E-state index contributed by atoms with van der Waals surface area (Å²) in [6, 6.07) is 8.95. The van der Waals surface area contributed by atoms with Crippen LogP contribution in [0.15, 0.2) is 35.7 Å². The number of nitrogens with zero attached hydrogens (tertiary/aromatic N) is 1. The van der Waals surface area contributed by atoms with Gasteiger partial charge in [-0.1, -0.05) is 18.2 Å². The molecule has 0 atom stereocenters. The minimum Gasteiger partial charge on any atom is -0.496 e. The number of benzene rings is 1. The van der Waals surface area contributed by atoms with Crippen LogP contribution in [-0.2, 0) is 6.42 Å². The molecule has 0 bridgehead atoms. The Morgan fingerprint density at radius 3 is 2.64 bits per heavy atom. The zero-order chi connectivity index (χ0) is 17.8. The van der Waals surface area contributed by atoms with Gasteiger partial charge in [-0.25, -0.2) is 4.79 Å². The molecule has 0 spiro atoms. The molecule has 1 aromatic heterocycles. The summed E-state index contributed by atoms with van der Waals surface area (Å²) in [6.45, 7) is 1.41. The van der Waals surface area contributed by atoms with Crippen molar-refractivity contribution in [2.24, 2.45) is 5.92 Å². The predicted octanol–water partition coefficient (Wildman–Crippen LogP) is 3.55. The van der Waals surface area contributed by atoms with Crippen LogP contribution in [0.1, 0.15) is 38.4 Å². The van der Waals surface area contributed by atoms with Gasteiger partial charge in [0.15, 0.2) is 0 Å². The number of amides is 1. The van der Waals surface area contributed by atoms with Crippen molar-refractivity contribution < 1.29 is 19.4 Å². The number of carboxylic acids is 1. The molecule has 0 radical (unpaired) electrons. The highest BCUT2D eigenvalue weighted by molar-refractivity contribution is 7.12. The number of piperidine rings is 1. The van der Waals surface area contributed by atoms with E-state index in [1.54, 1.807) is 25.3 Å². The molecule has 3 rings (SSSR count). The third-order valence-corrected chi connectivity index (χ3v) is 5.58. The molecule has 1 N–H and O–H groups in total. The lowest BCUT2D eigenvalue weighted by atomic mass is 9.88. The molecule has 6 heteroatoms. The molecule has 1 aliphatic heterocycles. The van der Waals surface area contributed by atoms with Crippen LogP contribution in [0.3, 0.4) is 0 Å². The Hall–Kier alpha value is -2.34. The Morgan fingerprint density at radius 2 is 2.00 bits per heavy atom. The Balaban J connectivity index is 1.59. The summed E-state index contributed by atoms with van der Waals surface area (Å²) in [7, 11) is 1.59. The van der Waals surface area contributed by atoms with Crippen molar-refractivity contribution in [2.45, 2.75) is 19.3 Å². The highest BCUT2D eigenvalue weighted by Crippen LogP contribution is 2.27. The molecule has 1 saturated heterocycles. The van der Waals surface area contributed by atoms with Crippen LogP contribution in [-0.4, -0.2) is 42.1 Å². The van der Waals surface area contributed by atoms with Gasteiger partial charge in [-0.15, -0.1) is 11.3 Å². The van der Waals surface area contributed by atoms with Crippen molar-refractivity contribution >= 4 is 23.2 Å². The van der Waals surface area contributed by atoms with E-state index >= 15 is 0 Å². The van der Waals surface area contributed by atoms with Crippen LogP contribution in [0.2, 0.25) is 0 Å². The molecule has 1 aliphatic rings. The number of carbonyl (C=O) groups excluding carboxylic acids is 1. The maximum absolute atomic E-state index is 12.5. The van der Waals surface area contributed by atoms with E-state index in [0.29, 0.717) is 35.2 Å². The summed E-state index contributed by atoms with van der Waals surface area (Å²) in [5.41, 5.74) is 1.26. The first-order chi connectivity index (χ1) is 12.1. The molecule has 25 heavy (non-hydrogen) atoms. The molecule has 5 nitrogen and oxygen atoms in total. The third-order valence-electron chi connectivity index (χ3n) is 4.68. The monoisotopic (exact) mass is 359 g/mol. The van der Waals surface area contributed by atoms with Gasteiger partial charge in [0.25, 0.3) is 5.91 Å².